The van der Waals surface area contributed by atoms with Gasteiger partial charge in [-0.15, -0.1) is 0 Å². The molecule has 0 aliphatic rings. The number of hydrogen-bond donors (Lipinski definition) is 0. The van der Waals surface area contributed by atoms with Crippen molar-refractivity contribution in [3.05, 3.63) is 42.5 Å². The van der Waals surface area contributed by atoms with Gasteiger partial charge in [-0.1, -0.05) is 74.1 Å². The van der Waals surface area contributed by atoms with Crippen LogP contribution < -0.4 is 5.19 Å². The molecule has 0 aliphatic carbocycles. The van der Waals surface area contributed by atoms with Crippen LogP contribution in [0.1, 0.15) is 20.3 Å². The van der Waals surface area contributed by atoms with E-state index in [1.54, 1.807) is 5.19 Å². The zero-order valence-electron chi connectivity index (χ0n) is 11.0. The predicted octanol–water partition coefficient (Wildman–Crippen LogP) is 4.20. The third-order valence-corrected chi connectivity index (χ3v) is 6.76. The summed E-state index contributed by atoms with van der Waals surface area (Å²) in [5, 5.41) is 1.58. The fourth-order valence-corrected chi connectivity index (χ4v) is 5.35. The van der Waals surface area contributed by atoms with Crippen molar-refractivity contribution in [1.82, 2.24) is 0 Å². The minimum atomic E-state index is -1.25. The molecule has 0 radical (unpaired) electrons. The first-order chi connectivity index (χ1) is 7.60. The summed E-state index contributed by atoms with van der Waals surface area (Å²) >= 11 is 0. The van der Waals surface area contributed by atoms with Crippen molar-refractivity contribution in [2.24, 2.45) is 5.92 Å². The summed E-state index contributed by atoms with van der Waals surface area (Å²) in [5.74, 6) is 0.756. The van der Waals surface area contributed by atoms with Crippen LogP contribution in [0.2, 0.25) is 19.1 Å². The van der Waals surface area contributed by atoms with Crippen LogP contribution in [0.15, 0.2) is 42.5 Å². The summed E-state index contributed by atoms with van der Waals surface area (Å²) in [6.07, 6.45) is 5.83. The van der Waals surface area contributed by atoms with Gasteiger partial charge in [-0.05, 0) is 18.9 Å². The van der Waals surface area contributed by atoms with Crippen molar-refractivity contribution in [1.29, 1.82) is 0 Å². The molecule has 0 nitrogen and oxygen atoms in total. The summed E-state index contributed by atoms with van der Waals surface area (Å²) < 4.78 is 0. The van der Waals surface area contributed by atoms with Crippen LogP contribution in [-0.2, 0) is 0 Å². The van der Waals surface area contributed by atoms with Gasteiger partial charge >= 0.3 is 0 Å². The van der Waals surface area contributed by atoms with E-state index in [0.29, 0.717) is 0 Å². The maximum absolute atomic E-state index is 2.48. The van der Waals surface area contributed by atoms with Crippen molar-refractivity contribution in [2.45, 2.75) is 39.4 Å². The molecule has 1 aromatic rings. The number of hydrogen-bond acceptors (Lipinski definition) is 0. The lowest BCUT2D eigenvalue weighted by Crippen LogP contribution is -2.42. The van der Waals surface area contributed by atoms with Gasteiger partial charge in [0.1, 0.15) is 0 Å². The molecule has 0 saturated heterocycles. The molecule has 0 saturated carbocycles. The molecule has 16 heavy (non-hydrogen) atoms. The quantitative estimate of drug-likeness (QED) is 0.527. The molecule has 1 aromatic carbocycles. The Morgan fingerprint density at radius 1 is 1.19 bits per heavy atom. The highest BCUT2D eigenvalue weighted by Gasteiger charge is 2.25. The summed E-state index contributed by atoms with van der Waals surface area (Å²) in [7, 11) is -1.25. The SMILES string of the molecule is C/C=C\C(CC)C[Si](C)(C)c1ccccc1. The van der Waals surface area contributed by atoms with Gasteiger partial charge in [-0.2, -0.15) is 0 Å². The number of rotatable bonds is 5. The van der Waals surface area contributed by atoms with Crippen LogP contribution in [0.25, 0.3) is 0 Å². The summed E-state index contributed by atoms with van der Waals surface area (Å²) in [6.45, 7) is 9.38. The molecule has 0 aromatic heterocycles. The molecule has 0 amide bonds. The molecule has 1 atom stereocenters. The number of benzene rings is 1. The van der Waals surface area contributed by atoms with Crippen LogP contribution in [0, 0.1) is 5.92 Å². The molecular formula is C15H24Si. The van der Waals surface area contributed by atoms with Crippen LogP contribution in [-0.4, -0.2) is 8.07 Å². The lowest BCUT2D eigenvalue weighted by Gasteiger charge is -2.26. The van der Waals surface area contributed by atoms with Crippen molar-refractivity contribution in [3.63, 3.8) is 0 Å². The minimum absolute atomic E-state index is 0.756. The van der Waals surface area contributed by atoms with E-state index >= 15 is 0 Å². The Hall–Kier alpha value is -0.823. The van der Waals surface area contributed by atoms with Gasteiger partial charge in [-0.25, -0.2) is 0 Å². The Morgan fingerprint density at radius 3 is 2.31 bits per heavy atom. The number of allylic oxidation sites excluding steroid dienone is 2. The average molecular weight is 232 g/mol. The monoisotopic (exact) mass is 232 g/mol. The van der Waals surface area contributed by atoms with E-state index in [1.807, 2.05) is 0 Å². The Kier molecular flexibility index (Phi) is 5.00. The first-order valence-corrected chi connectivity index (χ1v) is 9.49. The summed E-state index contributed by atoms with van der Waals surface area (Å²) in [6, 6.07) is 12.4. The molecular weight excluding hydrogens is 208 g/mol. The largest absolute Gasteiger partial charge is 0.0914 e. The van der Waals surface area contributed by atoms with Crippen molar-refractivity contribution in [2.75, 3.05) is 0 Å². The fourth-order valence-electron chi connectivity index (χ4n) is 2.28. The second-order valence-corrected chi connectivity index (χ2v) is 9.90. The van der Waals surface area contributed by atoms with Gasteiger partial charge in [0, 0.05) is 0 Å². The summed E-state index contributed by atoms with van der Waals surface area (Å²) in [5.41, 5.74) is 0. The van der Waals surface area contributed by atoms with Gasteiger partial charge < -0.3 is 0 Å². The molecule has 0 aliphatic heterocycles. The van der Waals surface area contributed by atoms with Gasteiger partial charge in [0.25, 0.3) is 0 Å². The fraction of sp³-hybridized carbons (Fsp3) is 0.467. The third kappa shape index (κ3) is 3.64. The van der Waals surface area contributed by atoms with Crippen molar-refractivity contribution in [3.8, 4) is 0 Å². The zero-order chi connectivity index (χ0) is 12.0. The smallest absolute Gasteiger partial charge is 0.0812 e. The van der Waals surface area contributed by atoms with E-state index in [0.717, 1.165) is 5.92 Å². The Bertz CT molecular complexity index is 325. The lowest BCUT2D eigenvalue weighted by atomic mass is 10.1. The third-order valence-electron chi connectivity index (χ3n) is 3.32. The Labute approximate surface area is 101 Å². The van der Waals surface area contributed by atoms with Gasteiger partial charge in [0.05, 0.1) is 8.07 Å². The molecule has 0 N–H and O–H groups in total. The molecule has 1 heteroatoms. The summed E-state index contributed by atoms with van der Waals surface area (Å²) in [4.78, 5) is 0. The topological polar surface area (TPSA) is 0 Å². The molecule has 88 valence electrons. The molecule has 0 fully saturated rings. The zero-order valence-corrected chi connectivity index (χ0v) is 12.0. The lowest BCUT2D eigenvalue weighted by molar-refractivity contribution is 0.686. The minimum Gasteiger partial charge on any atom is -0.0914 e. The van der Waals surface area contributed by atoms with Gasteiger partial charge in [-0.3, -0.25) is 0 Å². The van der Waals surface area contributed by atoms with Crippen LogP contribution in [0.4, 0.5) is 0 Å². The second-order valence-electron chi connectivity index (χ2n) is 5.15. The van der Waals surface area contributed by atoms with Gasteiger partial charge in [0.15, 0.2) is 0 Å². The molecule has 0 bridgehead atoms. The van der Waals surface area contributed by atoms with Crippen LogP contribution in [0.5, 0.6) is 0 Å². The highest BCUT2D eigenvalue weighted by atomic mass is 28.3. The van der Waals surface area contributed by atoms with Crippen molar-refractivity contribution < 1.29 is 0 Å². The Morgan fingerprint density at radius 2 is 1.81 bits per heavy atom. The first-order valence-electron chi connectivity index (χ1n) is 6.28. The standard InChI is InChI=1S/C15H24Si/c1-5-10-14(6-2)13-16(3,4)15-11-8-7-9-12-15/h5,7-12,14H,6,13H2,1-4H3/b10-5-. The van der Waals surface area contributed by atoms with E-state index < -0.39 is 8.07 Å². The first kappa shape index (κ1) is 13.2. The van der Waals surface area contributed by atoms with E-state index in [4.69, 9.17) is 0 Å². The van der Waals surface area contributed by atoms with Gasteiger partial charge in [0.2, 0.25) is 0 Å². The molecule has 0 spiro atoms. The van der Waals surface area contributed by atoms with E-state index in [-0.39, 0.29) is 0 Å². The van der Waals surface area contributed by atoms with Crippen molar-refractivity contribution >= 4 is 13.3 Å². The molecule has 1 rings (SSSR count). The van der Waals surface area contributed by atoms with E-state index in [2.05, 4.69) is 69.4 Å². The van der Waals surface area contributed by atoms with Crippen LogP contribution in [0.3, 0.4) is 0 Å². The Balaban J connectivity index is 2.78. The highest BCUT2D eigenvalue weighted by Crippen LogP contribution is 2.21. The molecule has 0 heterocycles. The van der Waals surface area contributed by atoms with E-state index in [1.165, 1.54) is 12.5 Å². The highest BCUT2D eigenvalue weighted by molar-refractivity contribution is 6.89. The second kappa shape index (κ2) is 6.05. The average Bonchev–Trinajstić information content (AvgIpc) is 2.29. The van der Waals surface area contributed by atoms with Crippen LogP contribution >= 0.6 is 0 Å². The maximum Gasteiger partial charge on any atom is 0.0812 e. The predicted molar refractivity (Wildman–Crippen MR) is 77.0 cm³/mol. The van der Waals surface area contributed by atoms with E-state index in [9.17, 15) is 0 Å². The maximum atomic E-state index is 2.48. The normalized spacial score (nSPS) is 14.2. The molecule has 1 unspecified atom stereocenters.